The maximum atomic E-state index is 13.6. The minimum absolute atomic E-state index is 0.211. The van der Waals surface area contributed by atoms with Crippen LogP contribution in [0.25, 0.3) is 0 Å². The van der Waals surface area contributed by atoms with Gasteiger partial charge in [-0.1, -0.05) is 72.7 Å². The van der Waals surface area contributed by atoms with Crippen LogP contribution < -0.4 is 4.31 Å². The molecule has 3 nitrogen and oxygen atoms in total. The Morgan fingerprint density at radius 3 is 2.32 bits per heavy atom. The second kappa shape index (κ2) is 13.1. The molecule has 0 atom stereocenters. The molecular weight excluding hydrogens is 477 g/mol. The second-order valence-electron chi connectivity index (χ2n) is 9.84. The van der Waals surface area contributed by atoms with Crippen molar-refractivity contribution >= 4 is 23.5 Å². The molecular formula is C32H38FN3S. The van der Waals surface area contributed by atoms with Crippen LogP contribution in [0.4, 0.5) is 10.1 Å². The first-order valence-corrected chi connectivity index (χ1v) is 14.0. The van der Waals surface area contributed by atoms with E-state index in [0.29, 0.717) is 0 Å². The van der Waals surface area contributed by atoms with Crippen LogP contribution in [0.1, 0.15) is 61.8 Å². The van der Waals surface area contributed by atoms with E-state index in [1.54, 1.807) is 24.3 Å². The van der Waals surface area contributed by atoms with Crippen molar-refractivity contribution in [2.24, 2.45) is 4.99 Å². The highest BCUT2D eigenvalue weighted by Gasteiger charge is 2.14. The number of halogens is 1. The molecule has 0 saturated carbocycles. The number of allylic oxidation sites excluding steroid dienone is 2. The van der Waals surface area contributed by atoms with Crippen molar-refractivity contribution in [1.29, 1.82) is 0 Å². The first kappa shape index (κ1) is 27.2. The van der Waals surface area contributed by atoms with E-state index in [9.17, 15) is 4.39 Å². The third-order valence-corrected chi connectivity index (χ3v) is 7.98. The average Bonchev–Trinajstić information content (AvgIpc) is 2.90. The Bertz CT molecular complexity index is 1230. The number of hydrogen-bond acceptors (Lipinski definition) is 4. The lowest BCUT2D eigenvalue weighted by atomic mass is 9.95. The third kappa shape index (κ3) is 7.80. The predicted octanol–water partition coefficient (Wildman–Crippen LogP) is 8.54. The van der Waals surface area contributed by atoms with Crippen molar-refractivity contribution in [3.05, 3.63) is 112 Å². The van der Waals surface area contributed by atoms with Crippen LogP contribution in [0.15, 0.2) is 89.1 Å². The van der Waals surface area contributed by atoms with Crippen LogP contribution in [-0.2, 0) is 13.0 Å². The Morgan fingerprint density at radius 1 is 0.892 bits per heavy atom. The summed E-state index contributed by atoms with van der Waals surface area (Å²) in [5, 5.41) is 0. The molecule has 1 heterocycles. The lowest BCUT2D eigenvalue weighted by molar-refractivity contribution is 0.492. The molecule has 4 rings (SSSR count). The fourth-order valence-corrected chi connectivity index (χ4v) is 5.43. The monoisotopic (exact) mass is 515 g/mol. The lowest BCUT2D eigenvalue weighted by Gasteiger charge is -2.26. The molecule has 1 aliphatic rings. The molecule has 37 heavy (non-hydrogen) atoms. The molecule has 3 aromatic carbocycles. The van der Waals surface area contributed by atoms with Crippen LogP contribution in [0.2, 0.25) is 0 Å². The van der Waals surface area contributed by atoms with Gasteiger partial charge in [0, 0.05) is 43.7 Å². The molecule has 194 valence electrons. The zero-order valence-electron chi connectivity index (χ0n) is 22.5. The van der Waals surface area contributed by atoms with Crippen LogP contribution in [0.5, 0.6) is 0 Å². The zero-order valence-corrected chi connectivity index (χ0v) is 23.3. The van der Waals surface area contributed by atoms with Crippen LogP contribution in [0.3, 0.4) is 0 Å². The summed E-state index contributed by atoms with van der Waals surface area (Å²) in [5.41, 5.74) is 9.99. The van der Waals surface area contributed by atoms with Crippen LogP contribution >= 0.6 is 12.1 Å². The summed E-state index contributed by atoms with van der Waals surface area (Å²) >= 11 is 1.62. The molecule has 0 saturated heterocycles. The van der Waals surface area contributed by atoms with Crippen molar-refractivity contribution in [1.82, 2.24) is 4.31 Å². The largest absolute Gasteiger partial charge is 0.306 e. The average molecular weight is 516 g/mol. The third-order valence-electron chi connectivity index (χ3n) is 6.91. The molecule has 3 aromatic rings. The fraction of sp³-hybridized carbons (Fsp3) is 0.344. The van der Waals surface area contributed by atoms with Gasteiger partial charge >= 0.3 is 0 Å². The van der Waals surface area contributed by atoms with Gasteiger partial charge in [0.1, 0.15) is 5.82 Å². The maximum Gasteiger partial charge on any atom is 0.125 e. The van der Waals surface area contributed by atoms with Crippen molar-refractivity contribution < 1.29 is 4.39 Å². The van der Waals surface area contributed by atoms with E-state index < -0.39 is 0 Å². The fourth-order valence-electron chi connectivity index (χ4n) is 4.55. The standard InChI is InChI=1S/C32H38FN3S/c1-5-36(37-35(4)30-10-7-9-29(33)22-30)23-27-17-15-26(16-18-27)8-6-11-31-25(3)14-21-32(34-31)28-19-12-24(2)13-20-28/h7,9-10,12-13,15-20,22H,5-6,8,11,14,21,23H2,1-4H3. The molecule has 0 radical (unpaired) electrons. The quantitative estimate of drug-likeness (QED) is 0.238. The van der Waals surface area contributed by atoms with Gasteiger partial charge in [-0.2, -0.15) is 0 Å². The van der Waals surface area contributed by atoms with E-state index in [2.05, 4.69) is 73.6 Å². The summed E-state index contributed by atoms with van der Waals surface area (Å²) in [6.45, 7) is 8.24. The molecule has 0 spiro atoms. The molecule has 0 bridgehead atoms. The van der Waals surface area contributed by atoms with Crippen molar-refractivity contribution in [2.75, 3.05) is 17.9 Å². The smallest absolute Gasteiger partial charge is 0.125 e. The van der Waals surface area contributed by atoms with Crippen molar-refractivity contribution in [2.45, 2.75) is 59.4 Å². The molecule has 0 aliphatic carbocycles. The number of hydrogen-bond donors (Lipinski definition) is 0. The van der Waals surface area contributed by atoms with Gasteiger partial charge in [-0.15, -0.1) is 0 Å². The van der Waals surface area contributed by atoms with Crippen LogP contribution in [0, 0.1) is 12.7 Å². The van der Waals surface area contributed by atoms with E-state index in [4.69, 9.17) is 4.99 Å². The van der Waals surface area contributed by atoms with E-state index in [1.807, 2.05) is 17.4 Å². The first-order valence-electron chi connectivity index (χ1n) is 13.2. The van der Waals surface area contributed by atoms with E-state index in [-0.39, 0.29) is 5.82 Å². The number of nitrogens with zero attached hydrogens (tertiary/aromatic N) is 3. The van der Waals surface area contributed by atoms with Gasteiger partial charge < -0.3 is 4.31 Å². The summed E-state index contributed by atoms with van der Waals surface area (Å²) in [7, 11) is 1.97. The van der Waals surface area contributed by atoms with Gasteiger partial charge in [0.25, 0.3) is 0 Å². The minimum atomic E-state index is -0.211. The number of benzene rings is 3. The molecule has 0 unspecified atom stereocenters. The summed E-state index contributed by atoms with van der Waals surface area (Å²) in [6.07, 6.45) is 5.32. The number of rotatable bonds is 11. The Hall–Kier alpha value is -2.89. The highest BCUT2D eigenvalue weighted by molar-refractivity contribution is 7.98. The topological polar surface area (TPSA) is 18.8 Å². The lowest BCUT2D eigenvalue weighted by Crippen LogP contribution is -2.22. The number of anilines is 1. The maximum absolute atomic E-state index is 13.6. The highest BCUT2D eigenvalue weighted by atomic mass is 32.2. The Kier molecular flexibility index (Phi) is 9.59. The summed E-state index contributed by atoms with van der Waals surface area (Å²) in [4.78, 5) is 5.06. The Labute approximate surface area is 226 Å². The molecule has 0 fully saturated rings. The van der Waals surface area contributed by atoms with Crippen molar-refractivity contribution in [3.63, 3.8) is 0 Å². The van der Waals surface area contributed by atoms with Gasteiger partial charge in [0.2, 0.25) is 0 Å². The van der Waals surface area contributed by atoms with Gasteiger partial charge in [0.15, 0.2) is 0 Å². The summed E-state index contributed by atoms with van der Waals surface area (Å²) in [5.74, 6) is -0.211. The first-order chi connectivity index (χ1) is 17.9. The van der Waals surface area contributed by atoms with Gasteiger partial charge in [-0.05, 0) is 80.8 Å². The Morgan fingerprint density at radius 2 is 1.62 bits per heavy atom. The van der Waals surface area contributed by atoms with Gasteiger partial charge in [0.05, 0.1) is 5.69 Å². The second-order valence-corrected chi connectivity index (χ2v) is 11.1. The van der Waals surface area contributed by atoms with Crippen molar-refractivity contribution in [3.8, 4) is 0 Å². The summed E-state index contributed by atoms with van der Waals surface area (Å²) in [6, 6.07) is 24.5. The minimum Gasteiger partial charge on any atom is -0.306 e. The van der Waals surface area contributed by atoms with E-state index >= 15 is 0 Å². The molecule has 1 aliphatic heterocycles. The van der Waals surface area contributed by atoms with E-state index in [0.717, 1.165) is 50.9 Å². The van der Waals surface area contributed by atoms with Crippen LogP contribution in [-0.4, -0.2) is 23.6 Å². The molecule has 0 amide bonds. The highest BCUT2D eigenvalue weighted by Crippen LogP contribution is 2.27. The molecule has 0 N–H and O–H groups in total. The number of aryl methyl sites for hydroxylation is 2. The van der Waals surface area contributed by atoms with Gasteiger partial charge in [-0.25, -0.2) is 8.70 Å². The van der Waals surface area contributed by atoms with E-state index in [1.165, 1.54) is 45.3 Å². The molecule has 0 aromatic heterocycles. The number of aliphatic imine (C=N–C) groups is 1. The Balaban J connectivity index is 1.28. The summed E-state index contributed by atoms with van der Waals surface area (Å²) < 4.78 is 17.9. The van der Waals surface area contributed by atoms with Gasteiger partial charge in [-0.3, -0.25) is 4.99 Å². The predicted molar refractivity (Wildman–Crippen MR) is 158 cm³/mol. The zero-order chi connectivity index (χ0) is 26.2. The molecule has 5 heteroatoms. The normalized spacial score (nSPS) is 13.7. The SMILES string of the molecule is CCN(Cc1ccc(CCCC2=C(C)CCC(c3ccc(C)cc3)=N2)cc1)SN(C)c1cccc(F)c1.